The summed E-state index contributed by atoms with van der Waals surface area (Å²) in [6.07, 6.45) is 2.23. The molecule has 0 saturated carbocycles. The number of nitrogens with one attached hydrogen (secondary N) is 1. The Kier molecular flexibility index (Phi) is 4.38. The molecule has 24 heavy (non-hydrogen) atoms. The van der Waals surface area contributed by atoms with E-state index in [4.69, 9.17) is 5.11 Å². The summed E-state index contributed by atoms with van der Waals surface area (Å²) in [4.78, 5) is 23.0. The largest absolute Gasteiger partial charge is 0.478 e. The van der Waals surface area contributed by atoms with Gasteiger partial charge in [-0.2, -0.15) is 0 Å². The van der Waals surface area contributed by atoms with E-state index in [0.717, 1.165) is 18.4 Å². The predicted octanol–water partition coefficient (Wildman–Crippen LogP) is 2.85. The SMILES string of the molecule is CC1(CNC(=O)Cc2ccc(C(=O)O)cc2)Cc2ccccc2C1. The Labute approximate surface area is 141 Å². The lowest BCUT2D eigenvalue weighted by atomic mass is 9.87. The van der Waals surface area contributed by atoms with Gasteiger partial charge in [0.15, 0.2) is 0 Å². The minimum atomic E-state index is -0.959. The van der Waals surface area contributed by atoms with Crippen LogP contribution in [0.2, 0.25) is 0 Å². The number of hydrogen-bond acceptors (Lipinski definition) is 2. The predicted molar refractivity (Wildman–Crippen MR) is 92.1 cm³/mol. The molecule has 3 rings (SSSR count). The summed E-state index contributed by atoms with van der Waals surface area (Å²) in [7, 11) is 0. The van der Waals surface area contributed by atoms with E-state index >= 15 is 0 Å². The third-order valence-corrected chi connectivity index (χ3v) is 4.63. The molecule has 1 aliphatic rings. The minimum absolute atomic E-state index is 0.0322. The number of hydrogen-bond donors (Lipinski definition) is 2. The number of carboxylic acid groups (broad SMARTS) is 1. The van der Waals surface area contributed by atoms with Crippen LogP contribution < -0.4 is 5.32 Å². The first kappa shape index (κ1) is 16.2. The van der Waals surface area contributed by atoms with Crippen molar-refractivity contribution >= 4 is 11.9 Å². The quantitative estimate of drug-likeness (QED) is 0.889. The third kappa shape index (κ3) is 3.65. The normalized spacial score (nSPS) is 14.9. The summed E-state index contributed by atoms with van der Waals surface area (Å²) in [5, 5.41) is 11.9. The van der Waals surface area contributed by atoms with Gasteiger partial charge in [-0.25, -0.2) is 4.79 Å². The van der Waals surface area contributed by atoms with Gasteiger partial charge in [-0.1, -0.05) is 43.3 Å². The lowest BCUT2D eigenvalue weighted by Gasteiger charge is -2.24. The number of aromatic carboxylic acids is 1. The van der Waals surface area contributed by atoms with Crippen molar-refractivity contribution in [2.24, 2.45) is 5.41 Å². The zero-order valence-corrected chi connectivity index (χ0v) is 13.7. The Bertz CT molecular complexity index is 740. The summed E-state index contributed by atoms with van der Waals surface area (Å²) < 4.78 is 0. The van der Waals surface area contributed by atoms with Gasteiger partial charge in [0.05, 0.1) is 12.0 Å². The van der Waals surface area contributed by atoms with E-state index in [9.17, 15) is 9.59 Å². The highest BCUT2D eigenvalue weighted by molar-refractivity contribution is 5.87. The van der Waals surface area contributed by atoms with Crippen molar-refractivity contribution in [3.8, 4) is 0 Å². The number of carbonyl (C=O) groups excluding carboxylic acids is 1. The molecule has 4 nitrogen and oxygen atoms in total. The van der Waals surface area contributed by atoms with Crippen LogP contribution in [0.4, 0.5) is 0 Å². The van der Waals surface area contributed by atoms with Crippen LogP contribution in [0.15, 0.2) is 48.5 Å². The van der Waals surface area contributed by atoms with Gasteiger partial charge in [-0.15, -0.1) is 0 Å². The highest BCUT2D eigenvalue weighted by Crippen LogP contribution is 2.35. The van der Waals surface area contributed by atoms with E-state index in [-0.39, 0.29) is 23.3 Å². The molecule has 2 aromatic rings. The molecule has 0 fully saturated rings. The van der Waals surface area contributed by atoms with Crippen molar-refractivity contribution in [2.75, 3.05) is 6.54 Å². The second kappa shape index (κ2) is 6.48. The lowest BCUT2D eigenvalue weighted by Crippen LogP contribution is -2.37. The summed E-state index contributed by atoms with van der Waals surface area (Å²) in [5.41, 5.74) is 3.86. The molecule has 124 valence electrons. The Morgan fingerprint density at radius 1 is 1.04 bits per heavy atom. The van der Waals surface area contributed by atoms with E-state index in [1.165, 1.54) is 23.3 Å². The van der Waals surface area contributed by atoms with Crippen LogP contribution in [0.1, 0.15) is 34.0 Å². The molecule has 0 unspecified atom stereocenters. The number of fused-ring (bicyclic) bond motifs is 1. The van der Waals surface area contributed by atoms with E-state index in [0.29, 0.717) is 6.54 Å². The lowest BCUT2D eigenvalue weighted by molar-refractivity contribution is -0.120. The van der Waals surface area contributed by atoms with Crippen LogP contribution in [0.25, 0.3) is 0 Å². The fraction of sp³-hybridized carbons (Fsp3) is 0.300. The van der Waals surface area contributed by atoms with Gasteiger partial charge in [0.25, 0.3) is 0 Å². The van der Waals surface area contributed by atoms with Crippen LogP contribution in [-0.4, -0.2) is 23.5 Å². The molecule has 0 radical (unpaired) electrons. The molecule has 0 saturated heterocycles. The standard InChI is InChI=1S/C20H21NO3/c1-20(11-16-4-2-3-5-17(16)12-20)13-21-18(22)10-14-6-8-15(9-7-14)19(23)24/h2-9H,10-13H2,1H3,(H,21,22)(H,23,24). The molecule has 1 amide bonds. The molecule has 0 spiro atoms. The van der Waals surface area contributed by atoms with Gasteiger partial charge in [-0.05, 0) is 47.1 Å². The molecule has 0 atom stereocenters. The second-order valence-corrected chi connectivity index (χ2v) is 6.89. The molecule has 4 heteroatoms. The van der Waals surface area contributed by atoms with Crippen molar-refractivity contribution in [1.82, 2.24) is 5.32 Å². The Hall–Kier alpha value is -2.62. The Balaban J connectivity index is 1.54. The van der Waals surface area contributed by atoms with E-state index in [2.05, 4.69) is 36.5 Å². The number of benzene rings is 2. The zero-order valence-electron chi connectivity index (χ0n) is 13.7. The van der Waals surface area contributed by atoms with Crippen molar-refractivity contribution in [3.05, 3.63) is 70.8 Å². The summed E-state index contributed by atoms with van der Waals surface area (Å²) in [6.45, 7) is 2.85. The smallest absolute Gasteiger partial charge is 0.335 e. The van der Waals surface area contributed by atoms with Crippen molar-refractivity contribution < 1.29 is 14.7 Å². The molecule has 0 bridgehead atoms. The van der Waals surface area contributed by atoms with Crippen LogP contribution in [0, 0.1) is 5.41 Å². The molecular weight excluding hydrogens is 302 g/mol. The molecule has 2 N–H and O–H groups in total. The van der Waals surface area contributed by atoms with Crippen LogP contribution >= 0.6 is 0 Å². The number of amides is 1. The fourth-order valence-electron chi connectivity index (χ4n) is 3.33. The highest BCUT2D eigenvalue weighted by Gasteiger charge is 2.32. The number of carboxylic acids is 1. The molecule has 1 aliphatic carbocycles. The first-order valence-corrected chi connectivity index (χ1v) is 8.11. The van der Waals surface area contributed by atoms with Gasteiger partial charge in [0.1, 0.15) is 0 Å². The minimum Gasteiger partial charge on any atom is -0.478 e. The van der Waals surface area contributed by atoms with Gasteiger partial charge >= 0.3 is 5.97 Å². The van der Waals surface area contributed by atoms with Crippen LogP contribution in [-0.2, 0) is 24.1 Å². The topological polar surface area (TPSA) is 66.4 Å². The zero-order chi connectivity index (χ0) is 17.2. The highest BCUT2D eigenvalue weighted by atomic mass is 16.4. The maximum atomic E-state index is 12.2. The van der Waals surface area contributed by atoms with Crippen molar-refractivity contribution in [3.63, 3.8) is 0 Å². The van der Waals surface area contributed by atoms with Crippen molar-refractivity contribution in [1.29, 1.82) is 0 Å². The van der Waals surface area contributed by atoms with E-state index < -0.39 is 5.97 Å². The second-order valence-electron chi connectivity index (χ2n) is 6.89. The van der Waals surface area contributed by atoms with Crippen molar-refractivity contribution in [2.45, 2.75) is 26.2 Å². The summed E-state index contributed by atoms with van der Waals surface area (Å²) >= 11 is 0. The van der Waals surface area contributed by atoms with Crippen LogP contribution in [0.3, 0.4) is 0 Å². The monoisotopic (exact) mass is 323 g/mol. The molecular formula is C20H21NO3. The van der Waals surface area contributed by atoms with Gasteiger partial charge in [0.2, 0.25) is 5.91 Å². The van der Waals surface area contributed by atoms with Gasteiger partial charge in [-0.3, -0.25) is 4.79 Å². The maximum absolute atomic E-state index is 12.2. The molecule has 0 aliphatic heterocycles. The van der Waals surface area contributed by atoms with E-state index in [1.807, 2.05) is 0 Å². The fourth-order valence-corrected chi connectivity index (χ4v) is 3.33. The van der Waals surface area contributed by atoms with E-state index in [1.54, 1.807) is 12.1 Å². The summed E-state index contributed by atoms with van der Waals surface area (Å²) in [5.74, 6) is -0.991. The van der Waals surface area contributed by atoms with Crippen LogP contribution in [0.5, 0.6) is 0 Å². The first-order chi connectivity index (χ1) is 11.5. The molecule has 0 aromatic heterocycles. The van der Waals surface area contributed by atoms with Gasteiger partial charge in [0, 0.05) is 6.54 Å². The van der Waals surface area contributed by atoms with Gasteiger partial charge < -0.3 is 10.4 Å². The molecule has 2 aromatic carbocycles. The number of carbonyl (C=O) groups is 2. The summed E-state index contributed by atoms with van der Waals surface area (Å²) in [6, 6.07) is 14.9. The third-order valence-electron chi connectivity index (χ3n) is 4.63. The average molecular weight is 323 g/mol. The Morgan fingerprint density at radius 3 is 2.17 bits per heavy atom. The maximum Gasteiger partial charge on any atom is 0.335 e. The molecule has 0 heterocycles. The Morgan fingerprint density at radius 2 is 1.62 bits per heavy atom. The average Bonchev–Trinajstić information content (AvgIpc) is 2.90. The number of rotatable bonds is 5. The first-order valence-electron chi connectivity index (χ1n) is 8.11.